The van der Waals surface area contributed by atoms with Gasteiger partial charge in [0.25, 0.3) is 0 Å². The molecule has 0 aliphatic carbocycles. The average molecular weight is 361 g/mol. The minimum absolute atomic E-state index is 0.0687. The van der Waals surface area contributed by atoms with Crippen LogP contribution >= 0.6 is 0 Å². The molecule has 0 bridgehead atoms. The number of rotatable bonds is 5. The fraction of sp³-hybridized carbons (Fsp3) is 0.600. The van der Waals surface area contributed by atoms with E-state index in [-0.39, 0.29) is 24.2 Å². The second-order valence-electron chi connectivity index (χ2n) is 7.55. The molecule has 0 aromatic heterocycles. The van der Waals surface area contributed by atoms with Crippen LogP contribution in [0.2, 0.25) is 0 Å². The fourth-order valence-corrected chi connectivity index (χ4v) is 3.88. The van der Waals surface area contributed by atoms with E-state index in [1.165, 1.54) is 25.0 Å². The van der Waals surface area contributed by atoms with Crippen LogP contribution in [0, 0.1) is 17.7 Å². The standard InChI is InChI=1S/C20H28FN3O2/c1-15(17-5-3-7-22-12-17)10-19(25)24-9-8-23(20(26)14-24)13-16-4-2-6-18(21)11-16/h2,4,6,11,15,17,22H,3,5,7-10,12-14H2,1H3. The van der Waals surface area contributed by atoms with Crippen LogP contribution in [0.4, 0.5) is 4.39 Å². The molecule has 26 heavy (non-hydrogen) atoms. The van der Waals surface area contributed by atoms with Gasteiger partial charge >= 0.3 is 0 Å². The summed E-state index contributed by atoms with van der Waals surface area (Å²) in [6, 6.07) is 6.31. The molecule has 1 aromatic rings. The first-order chi connectivity index (χ1) is 12.5. The Morgan fingerprint density at radius 1 is 1.38 bits per heavy atom. The number of nitrogens with zero attached hydrogens (tertiary/aromatic N) is 2. The lowest BCUT2D eigenvalue weighted by Crippen LogP contribution is -2.52. The Morgan fingerprint density at radius 2 is 2.23 bits per heavy atom. The lowest BCUT2D eigenvalue weighted by Gasteiger charge is -2.36. The number of hydrogen-bond donors (Lipinski definition) is 1. The summed E-state index contributed by atoms with van der Waals surface area (Å²) in [4.78, 5) is 28.4. The van der Waals surface area contributed by atoms with Crippen LogP contribution in [0.15, 0.2) is 24.3 Å². The Labute approximate surface area is 154 Å². The zero-order chi connectivity index (χ0) is 18.5. The normalized spacial score (nSPS) is 22.4. The molecule has 0 radical (unpaired) electrons. The van der Waals surface area contributed by atoms with Crippen LogP contribution in [-0.2, 0) is 16.1 Å². The van der Waals surface area contributed by atoms with Crippen molar-refractivity contribution in [2.75, 3.05) is 32.7 Å². The van der Waals surface area contributed by atoms with Crippen LogP contribution in [-0.4, -0.2) is 54.3 Å². The van der Waals surface area contributed by atoms with Gasteiger partial charge in [-0.2, -0.15) is 0 Å². The predicted molar refractivity (Wildman–Crippen MR) is 97.8 cm³/mol. The van der Waals surface area contributed by atoms with Gasteiger partial charge in [0.05, 0.1) is 6.54 Å². The molecule has 2 fully saturated rings. The molecule has 1 N–H and O–H groups in total. The van der Waals surface area contributed by atoms with Crippen molar-refractivity contribution >= 4 is 11.8 Å². The highest BCUT2D eigenvalue weighted by Crippen LogP contribution is 2.23. The molecule has 2 aliphatic heterocycles. The van der Waals surface area contributed by atoms with Crippen LogP contribution in [0.1, 0.15) is 31.7 Å². The molecule has 2 aliphatic rings. The first-order valence-electron chi connectivity index (χ1n) is 9.53. The Morgan fingerprint density at radius 3 is 2.92 bits per heavy atom. The highest BCUT2D eigenvalue weighted by Gasteiger charge is 2.29. The van der Waals surface area contributed by atoms with E-state index < -0.39 is 0 Å². The number of hydrogen-bond acceptors (Lipinski definition) is 3. The zero-order valence-electron chi connectivity index (χ0n) is 15.4. The molecule has 2 atom stereocenters. The van der Waals surface area contributed by atoms with Gasteiger partial charge in [0.2, 0.25) is 11.8 Å². The molecule has 2 saturated heterocycles. The van der Waals surface area contributed by atoms with Crippen molar-refractivity contribution in [1.82, 2.24) is 15.1 Å². The summed E-state index contributed by atoms with van der Waals surface area (Å²) in [6.07, 6.45) is 2.84. The lowest BCUT2D eigenvalue weighted by molar-refractivity contribution is -0.146. The SMILES string of the molecule is CC(CC(=O)N1CCN(Cc2cccc(F)c2)C(=O)C1)C1CCCNC1. The lowest BCUT2D eigenvalue weighted by atomic mass is 9.85. The van der Waals surface area contributed by atoms with Crippen molar-refractivity contribution in [2.45, 2.75) is 32.7 Å². The summed E-state index contributed by atoms with van der Waals surface area (Å²) >= 11 is 0. The van der Waals surface area contributed by atoms with Crippen molar-refractivity contribution in [3.05, 3.63) is 35.6 Å². The summed E-state index contributed by atoms with van der Waals surface area (Å²) < 4.78 is 13.3. The van der Waals surface area contributed by atoms with Crippen molar-refractivity contribution in [3.63, 3.8) is 0 Å². The Balaban J connectivity index is 1.49. The molecule has 5 nitrogen and oxygen atoms in total. The van der Waals surface area contributed by atoms with E-state index in [1.54, 1.807) is 15.9 Å². The van der Waals surface area contributed by atoms with Gasteiger partial charge in [0.15, 0.2) is 0 Å². The van der Waals surface area contributed by atoms with Gasteiger partial charge < -0.3 is 15.1 Å². The molecular formula is C20H28FN3O2. The third-order valence-corrected chi connectivity index (χ3v) is 5.57. The summed E-state index contributed by atoms with van der Waals surface area (Å²) in [6.45, 7) is 5.76. The van der Waals surface area contributed by atoms with E-state index in [1.807, 2.05) is 6.07 Å². The van der Waals surface area contributed by atoms with E-state index in [9.17, 15) is 14.0 Å². The molecule has 0 spiro atoms. The maximum Gasteiger partial charge on any atom is 0.242 e. The minimum Gasteiger partial charge on any atom is -0.335 e. The summed E-state index contributed by atoms with van der Waals surface area (Å²) in [5, 5.41) is 3.40. The van der Waals surface area contributed by atoms with Gasteiger partial charge in [-0.3, -0.25) is 9.59 Å². The topological polar surface area (TPSA) is 52.7 Å². The molecule has 0 saturated carbocycles. The van der Waals surface area contributed by atoms with Crippen molar-refractivity contribution in [3.8, 4) is 0 Å². The number of carbonyl (C=O) groups excluding carboxylic acids is 2. The number of amides is 2. The molecule has 2 amide bonds. The van der Waals surface area contributed by atoms with Crippen LogP contribution in [0.5, 0.6) is 0 Å². The molecular weight excluding hydrogens is 333 g/mol. The maximum absolute atomic E-state index is 13.3. The summed E-state index contributed by atoms with van der Waals surface area (Å²) in [5.74, 6) is 0.575. The Bertz CT molecular complexity index is 646. The number of piperazine rings is 1. The Kier molecular flexibility index (Phi) is 6.25. The second-order valence-corrected chi connectivity index (χ2v) is 7.55. The summed E-state index contributed by atoms with van der Waals surface area (Å²) in [7, 11) is 0. The van der Waals surface area contributed by atoms with E-state index in [0.29, 0.717) is 37.9 Å². The second kappa shape index (κ2) is 8.62. The van der Waals surface area contributed by atoms with E-state index >= 15 is 0 Å². The molecule has 2 unspecified atom stereocenters. The van der Waals surface area contributed by atoms with Gasteiger partial charge in [-0.1, -0.05) is 19.1 Å². The third kappa shape index (κ3) is 4.81. The molecule has 6 heteroatoms. The fourth-order valence-electron chi connectivity index (χ4n) is 3.88. The van der Waals surface area contributed by atoms with Crippen LogP contribution in [0.25, 0.3) is 0 Å². The first-order valence-corrected chi connectivity index (χ1v) is 9.53. The number of carbonyl (C=O) groups is 2. The average Bonchev–Trinajstić information content (AvgIpc) is 2.64. The Hall–Kier alpha value is -1.95. The van der Waals surface area contributed by atoms with E-state index in [4.69, 9.17) is 0 Å². The number of benzene rings is 1. The zero-order valence-corrected chi connectivity index (χ0v) is 15.4. The van der Waals surface area contributed by atoms with Gasteiger partial charge in [0.1, 0.15) is 5.82 Å². The quantitative estimate of drug-likeness (QED) is 0.873. The predicted octanol–water partition coefficient (Wildman–Crippen LogP) is 2.02. The van der Waals surface area contributed by atoms with Gasteiger partial charge in [-0.15, -0.1) is 0 Å². The van der Waals surface area contributed by atoms with Crippen molar-refractivity contribution in [1.29, 1.82) is 0 Å². The largest absolute Gasteiger partial charge is 0.335 e. The number of piperidine rings is 1. The van der Waals surface area contributed by atoms with Crippen molar-refractivity contribution in [2.24, 2.45) is 11.8 Å². The third-order valence-electron chi connectivity index (χ3n) is 5.57. The van der Waals surface area contributed by atoms with Gasteiger partial charge in [-0.25, -0.2) is 4.39 Å². The van der Waals surface area contributed by atoms with Gasteiger partial charge in [-0.05, 0) is 55.5 Å². The molecule has 1 aromatic carbocycles. The molecule has 2 heterocycles. The molecule has 142 valence electrons. The maximum atomic E-state index is 13.3. The highest BCUT2D eigenvalue weighted by atomic mass is 19.1. The summed E-state index contributed by atoms with van der Waals surface area (Å²) in [5.41, 5.74) is 0.775. The monoisotopic (exact) mass is 361 g/mol. The number of nitrogens with one attached hydrogen (secondary N) is 1. The van der Waals surface area contributed by atoms with E-state index in [2.05, 4.69) is 12.2 Å². The number of halogens is 1. The molecule has 3 rings (SSSR count). The smallest absolute Gasteiger partial charge is 0.242 e. The van der Waals surface area contributed by atoms with Crippen LogP contribution < -0.4 is 5.32 Å². The van der Waals surface area contributed by atoms with E-state index in [0.717, 1.165) is 18.7 Å². The van der Waals surface area contributed by atoms with Gasteiger partial charge in [0, 0.05) is 26.1 Å². The van der Waals surface area contributed by atoms with Crippen molar-refractivity contribution < 1.29 is 14.0 Å². The first kappa shape index (κ1) is 18.8. The van der Waals surface area contributed by atoms with Crippen LogP contribution in [0.3, 0.4) is 0 Å². The highest BCUT2D eigenvalue weighted by molar-refractivity contribution is 5.86. The minimum atomic E-state index is -0.296.